The molecule has 1 nitrogen and oxygen atoms in total. The summed E-state index contributed by atoms with van der Waals surface area (Å²) in [7, 11) is 0. The number of ketones is 1. The van der Waals surface area contributed by atoms with Crippen molar-refractivity contribution in [3.63, 3.8) is 0 Å². The van der Waals surface area contributed by atoms with Crippen LogP contribution in [0.25, 0.3) is 0 Å². The Balaban J connectivity index is 1.61. The highest BCUT2D eigenvalue weighted by Crippen LogP contribution is 2.35. The number of rotatable bonds is 11. The van der Waals surface area contributed by atoms with Crippen LogP contribution in [0, 0.1) is 11.8 Å². The fourth-order valence-corrected chi connectivity index (χ4v) is 3.81. The van der Waals surface area contributed by atoms with Crippen molar-refractivity contribution in [3.05, 3.63) is 60.2 Å². The van der Waals surface area contributed by atoms with Gasteiger partial charge in [-0.3, -0.25) is 0 Å². The maximum Gasteiger partial charge on any atom is 0.129 e. The Kier molecular flexibility index (Phi) is 9.33. The Morgan fingerprint density at radius 1 is 1.04 bits per heavy atom. The smallest absolute Gasteiger partial charge is 0.129 e. The van der Waals surface area contributed by atoms with Crippen molar-refractivity contribution in [1.82, 2.24) is 0 Å². The number of carbonyl (C=O) groups excluding carboxylic acids is 1. The molecule has 0 saturated heterocycles. The zero-order chi connectivity index (χ0) is 17.7. The normalized spacial score (nSPS) is 20.7. The van der Waals surface area contributed by atoms with Crippen LogP contribution in [0.3, 0.4) is 0 Å². The molecule has 0 heterocycles. The van der Waals surface area contributed by atoms with Crippen molar-refractivity contribution in [2.45, 2.75) is 71.1 Å². The van der Waals surface area contributed by atoms with Crippen LogP contribution in [0.2, 0.25) is 0 Å². The van der Waals surface area contributed by atoms with Crippen molar-refractivity contribution < 1.29 is 4.79 Å². The lowest BCUT2D eigenvalue weighted by atomic mass is 9.92. The Labute approximate surface area is 154 Å². The summed E-state index contributed by atoms with van der Waals surface area (Å²) >= 11 is 0. The van der Waals surface area contributed by atoms with Crippen LogP contribution in [0.15, 0.2) is 54.6 Å². The molecule has 0 aromatic heterocycles. The molecule has 0 bridgehead atoms. The van der Waals surface area contributed by atoms with Gasteiger partial charge < -0.3 is 4.79 Å². The lowest BCUT2D eigenvalue weighted by Gasteiger charge is -2.14. The number of hydrogen-bond donors (Lipinski definition) is 0. The van der Waals surface area contributed by atoms with Gasteiger partial charge in [0, 0.05) is 6.42 Å². The standard InChI is InChI=1S/C24H34O/c1-21(25)13-6-2-3-10-17-23-19-12-20-24(23)18-11-5-9-16-22-14-7-4-8-15-22/h3-4,7-8,10-11,14-15,18,23-24H,2,5-6,9,12-13,16-17,19-20H2,1H3/b10-3-,18-11+/t23-,24-/m0/s1. The van der Waals surface area contributed by atoms with Crippen LogP contribution in [0.5, 0.6) is 0 Å². The van der Waals surface area contributed by atoms with E-state index in [2.05, 4.69) is 54.6 Å². The summed E-state index contributed by atoms with van der Waals surface area (Å²) in [6, 6.07) is 10.8. The fraction of sp³-hybridized carbons (Fsp3) is 0.542. The third kappa shape index (κ3) is 8.34. The molecule has 1 heteroatoms. The second-order valence-corrected chi connectivity index (χ2v) is 7.46. The maximum absolute atomic E-state index is 10.9. The summed E-state index contributed by atoms with van der Waals surface area (Å²) < 4.78 is 0. The Bertz CT molecular complexity index is 540. The second-order valence-electron chi connectivity index (χ2n) is 7.46. The Morgan fingerprint density at radius 2 is 1.84 bits per heavy atom. The van der Waals surface area contributed by atoms with Crippen molar-refractivity contribution in [2.24, 2.45) is 11.8 Å². The van der Waals surface area contributed by atoms with Crippen LogP contribution >= 0.6 is 0 Å². The summed E-state index contributed by atoms with van der Waals surface area (Å²) in [4.78, 5) is 10.9. The highest BCUT2D eigenvalue weighted by atomic mass is 16.1. The van der Waals surface area contributed by atoms with E-state index >= 15 is 0 Å². The first kappa shape index (κ1) is 19.7. The Morgan fingerprint density at radius 3 is 2.64 bits per heavy atom. The first-order valence-corrected chi connectivity index (χ1v) is 10.1. The first-order chi connectivity index (χ1) is 12.3. The van der Waals surface area contributed by atoms with Crippen LogP contribution in [-0.4, -0.2) is 5.78 Å². The van der Waals surface area contributed by atoms with E-state index in [1.807, 2.05) is 0 Å². The molecule has 1 aromatic carbocycles. The van der Waals surface area contributed by atoms with Gasteiger partial charge in [0.05, 0.1) is 0 Å². The summed E-state index contributed by atoms with van der Waals surface area (Å²) in [6.07, 6.45) is 21.3. The fourth-order valence-electron chi connectivity index (χ4n) is 3.81. The van der Waals surface area contributed by atoms with Gasteiger partial charge in [0.15, 0.2) is 0 Å². The lowest BCUT2D eigenvalue weighted by Crippen LogP contribution is -2.03. The third-order valence-corrected chi connectivity index (χ3v) is 5.29. The van der Waals surface area contributed by atoms with Gasteiger partial charge in [-0.2, -0.15) is 0 Å². The largest absolute Gasteiger partial charge is 0.300 e. The molecule has 1 aliphatic carbocycles. The number of hydrogen-bond acceptors (Lipinski definition) is 1. The van der Waals surface area contributed by atoms with Gasteiger partial charge in [-0.1, -0.05) is 61.1 Å². The monoisotopic (exact) mass is 338 g/mol. The highest BCUT2D eigenvalue weighted by Gasteiger charge is 2.23. The number of allylic oxidation sites excluding steroid dienone is 4. The molecule has 25 heavy (non-hydrogen) atoms. The van der Waals surface area contributed by atoms with E-state index in [4.69, 9.17) is 0 Å². The van der Waals surface area contributed by atoms with E-state index in [0.717, 1.165) is 31.1 Å². The molecule has 1 saturated carbocycles. The van der Waals surface area contributed by atoms with Crippen molar-refractivity contribution in [2.75, 3.05) is 0 Å². The van der Waals surface area contributed by atoms with E-state index < -0.39 is 0 Å². The van der Waals surface area contributed by atoms with Gasteiger partial charge in [-0.25, -0.2) is 0 Å². The average molecular weight is 339 g/mol. The van der Waals surface area contributed by atoms with Crippen LogP contribution in [0.4, 0.5) is 0 Å². The van der Waals surface area contributed by atoms with Gasteiger partial charge in [-0.15, -0.1) is 0 Å². The quantitative estimate of drug-likeness (QED) is 0.324. The molecule has 2 atom stereocenters. The molecule has 0 amide bonds. The topological polar surface area (TPSA) is 17.1 Å². The molecule has 136 valence electrons. The van der Waals surface area contributed by atoms with E-state index in [-0.39, 0.29) is 0 Å². The van der Waals surface area contributed by atoms with Gasteiger partial charge in [0.1, 0.15) is 5.78 Å². The molecule has 1 fully saturated rings. The van der Waals surface area contributed by atoms with Crippen LogP contribution in [-0.2, 0) is 11.2 Å². The molecular formula is C24H34O. The minimum Gasteiger partial charge on any atom is -0.300 e. The number of Topliss-reactive ketones (excluding diaryl/α,β-unsaturated/α-hetero) is 1. The van der Waals surface area contributed by atoms with E-state index in [9.17, 15) is 4.79 Å². The van der Waals surface area contributed by atoms with E-state index in [1.54, 1.807) is 6.92 Å². The Hall–Kier alpha value is -1.63. The predicted molar refractivity (Wildman–Crippen MR) is 108 cm³/mol. The lowest BCUT2D eigenvalue weighted by molar-refractivity contribution is -0.117. The van der Waals surface area contributed by atoms with Crippen LogP contribution < -0.4 is 0 Å². The van der Waals surface area contributed by atoms with Crippen molar-refractivity contribution in [1.29, 1.82) is 0 Å². The zero-order valence-electron chi connectivity index (χ0n) is 15.8. The van der Waals surface area contributed by atoms with Gasteiger partial charge >= 0.3 is 0 Å². The number of unbranched alkanes of at least 4 members (excludes halogenated alkanes) is 2. The van der Waals surface area contributed by atoms with Crippen LogP contribution in [0.1, 0.15) is 70.3 Å². The minimum absolute atomic E-state index is 0.307. The number of aryl methyl sites for hydroxylation is 1. The molecule has 0 spiro atoms. The number of carbonyl (C=O) groups is 1. The second kappa shape index (κ2) is 11.8. The molecule has 0 N–H and O–H groups in total. The predicted octanol–water partition coefficient (Wildman–Crippen LogP) is 6.69. The molecule has 0 aliphatic heterocycles. The van der Waals surface area contributed by atoms with Gasteiger partial charge in [0.2, 0.25) is 0 Å². The van der Waals surface area contributed by atoms with Gasteiger partial charge in [0.25, 0.3) is 0 Å². The first-order valence-electron chi connectivity index (χ1n) is 10.1. The minimum atomic E-state index is 0.307. The van der Waals surface area contributed by atoms with Crippen molar-refractivity contribution in [3.8, 4) is 0 Å². The molecule has 0 radical (unpaired) electrons. The SMILES string of the molecule is CC(=O)CCC/C=C\C[C@H]1CCC[C@@H]1/C=C/CCCc1ccccc1. The molecule has 2 rings (SSSR count). The average Bonchev–Trinajstić information content (AvgIpc) is 3.06. The maximum atomic E-state index is 10.9. The summed E-state index contributed by atoms with van der Waals surface area (Å²) in [5.41, 5.74) is 1.45. The van der Waals surface area contributed by atoms with E-state index in [0.29, 0.717) is 5.78 Å². The molecular weight excluding hydrogens is 304 g/mol. The summed E-state index contributed by atoms with van der Waals surface area (Å²) in [5.74, 6) is 1.91. The molecule has 0 unspecified atom stereocenters. The van der Waals surface area contributed by atoms with Gasteiger partial charge in [-0.05, 0) is 75.7 Å². The summed E-state index contributed by atoms with van der Waals surface area (Å²) in [5, 5.41) is 0. The zero-order valence-corrected chi connectivity index (χ0v) is 15.8. The molecule has 1 aliphatic rings. The van der Waals surface area contributed by atoms with E-state index in [1.165, 1.54) is 50.5 Å². The highest BCUT2D eigenvalue weighted by molar-refractivity contribution is 5.75. The number of benzene rings is 1. The summed E-state index contributed by atoms with van der Waals surface area (Å²) in [6.45, 7) is 1.68. The van der Waals surface area contributed by atoms with Crippen molar-refractivity contribution >= 4 is 5.78 Å². The third-order valence-electron chi connectivity index (χ3n) is 5.29. The molecule has 1 aromatic rings.